The number of amides is 1. The van der Waals surface area contributed by atoms with Crippen LogP contribution in [-0.4, -0.2) is 21.9 Å². The summed E-state index contributed by atoms with van der Waals surface area (Å²) in [5.41, 5.74) is 9.77. The number of carbonyl (C=O) groups excluding carboxylic acids is 1. The average molecular weight is 322 g/mol. The molecule has 5 heteroatoms. The molecule has 1 aromatic carbocycles. The molecule has 3 rings (SSSR count). The molecule has 24 heavy (non-hydrogen) atoms. The minimum Gasteiger partial charge on any atom is -0.346 e. The zero-order chi connectivity index (χ0) is 17.1. The molecule has 124 valence electrons. The Labute approximate surface area is 141 Å². The van der Waals surface area contributed by atoms with E-state index >= 15 is 0 Å². The van der Waals surface area contributed by atoms with E-state index < -0.39 is 6.04 Å². The van der Waals surface area contributed by atoms with Crippen molar-refractivity contribution < 1.29 is 4.79 Å². The predicted octanol–water partition coefficient (Wildman–Crippen LogP) is 3.54. The first kappa shape index (κ1) is 16.2. The lowest BCUT2D eigenvalue weighted by Gasteiger charge is -2.17. The second-order valence-corrected chi connectivity index (χ2v) is 6.08. The number of pyridine rings is 1. The fourth-order valence-corrected chi connectivity index (χ4v) is 2.68. The van der Waals surface area contributed by atoms with Crippen molar-refractivity contribution in [2.75, 3.05) is 5.32 Å². The summed E-state index contributed by atoms with van der Waals surface area (Å²) < 4.78 is 0. The molecule has 3 aromatic rings. The summed E-state index contributed by atoms with van der Waals surface area (Å²) in [5.74, 6) is 0.0111. The maximum Gasteiger partial charge on any atom is 0.241 e. The van der Waals surface area contributed by atoms with Crippen LogP contribution in [0.25, 0.3) is 22.2 Å². The van der Waals surface area contributed by atoms with Crippen LogP contribution < -0.4 is 11.1 Å². The second kappa shape index (κ2) is 6.84. The lowest BCUT2D eigenvalue weighted by atomic mass is 9.99. The molecule has 0 aliphatic heterocycles. The van der Waals surface area contributed by atoms with Crippen LogP contribution in [0, 0.1) is 5.92 Å². The summed E-state index contributed by atoms with van der Waals surface area (Å²) >= 11 is 0. The van der Waals surface area contributed by atoms with Crippen molar-refractivity contribution >= 4 is 22.6 Å². The van der Waals surface area contributed by atoms with Gasteiger partial charge >= 0.3 is 0 Å². The highest BCUT2D eigenvalue weighted by molar-refractivity contribution is 5.96. The first-order chi connectivity index (χ1) is 11.6. The lowest BCUT2D eigenvalue weighted by molar-refractivity contribution is -0.118. The van der Waals surface area contributed by atoms with Gasteiger partial charge in [0, 0.05) is 23.5 Å². The van der Waals surface area contributed by atoms with Crippen molar-refractivity contribution in [3.63, 3.8) is 0 Å². The summed E-state index contributed by atoms with van der Waals surface area (Å²) in [6, 6.07) is 11.3. The van der Waals surface area contributed by atoms with Gasteiger partial charge in [-0.1, -0.05) is 32.4 Å². The van der Waals surface area contributed by atoms with Gasteiger partial charge in [0.25, 0.3) is 0 Å². The monoisotopic (exact) mass is 322 g/mol. The fraction of sp³-hybridized carbons (Fsp3) is 0.263. The first-order valence-electron chi connectivity index (χ1n) is 8.19. The van der Waals surface area contributed by atoms with Crippen molar-refractivity contribution in [3.05, 3.63) is 48.8 Å². The van der Waals surface area contributed by atoms with Crippen LogP contribution in [0.2, 0.25) is 0 Å². The average Bonchev–Trinajstić information content (AvgIpc) is 3.09. The van der Waals surface area contributed by atoms with Gasteiger partial charge in [-0.2, -0.15) is 0 Å². The van der Waals surface area contributed by atoms with Crippen molar-refractivity contribution in [2.45, 2.75) is 26.3 Å². The van der Waals surface area contributed by atoms with Gasteiger partial charge in [-0.3, -0.25) is 4.79 Å². The molecule has 2 atom stereocenters. The normalized spacial score (nSPS) is 13.6. The van der Waals surface area contributed by atoms with E-state index in [0.717, 1.165) is 34.3 Å². The van der Waals surface area contributed by atoms with Crippen LogP contribution in [0.3, 0.4) is 0 Å². The zero-order valence-electron chi connectivity index (χ0n) is 13.9. The number of hydrogen-bond acceptors (Lipinski definition) is 3. The number of carbonyl (C=O) groups is 1. The SMILES string of the molecule is CC[C@H](C)[C@H](N)C(=O)Nc1ccc(-c2ccnc3[nH]ccc23)cc1. The van der Waals surface area contributed by atoms with E-state index in [1.807, 2.05) is 56.4 Å². The van der Waals surface area contributed by atoms with E-state index in [2.05, 4.69) is 15.3 Å². The second-order valence-electron chi connectivity index (χ2n) is 6.08. The Kier molecular flexibility index (Phi) is 4.62. The van der Waals surface area contributed by atoms with Gasteiger partial charge in [-0.25, -0.2) is 4.98 Å². The molecule has 2 heterocycles. The van der Waals surface area contributed by atoms with Gasteiger partial charge in [0.1, 0.15) is 5.65 Å². The van der Waals surface area contributed by atoms with E-state index in [-0.39, 0.29) is 11.8 Å². The van der Waals surface area contributed by atoms with Crippen LogP contribution in [-0.2, 0) is 4.79 Å². The Morgan fingerprint density at radius 2 is 2.00 bits per heavy atom. The highest BCUT2D eigenvalue weighted by Gasteiger charge is 2.19. The van der Waals surface area contributed by atoms with E-state index in [1.165, 1.54) is 0 Å². The molecular weight excluding hydrogens is 300 g/mol. The van der Waals surface area contributed by atoms with E-state index in [4.69, 9.17) is 5.73 Å². The van der Waals surface area contributed by atoms with Crippen molar-refractivity contribution in [1.29, 1.82) is 0 Å². The molecule has 0 radical (unpaired) electrons. The third-order valence-corrected chi connectivity index (χ3v) is 4.48. The minimum atomic E-state index is -0.491. The molecule has 4 N–H and O–H groups in total. The summed E-state index contributed by atoms with van der Waals surface area (Å²) in [5, 5.41) is 3.96. The number of nitrogens with one attached hydrogen (secondary N) is 2. The van der Waals surface area contributed by atoms with Crippen molar-refractivity contribution in [1.82, 2.24) is 9.97 Å². The molecule has 1 amide bonds. The van der Waals surface area contributed by atoms with Crippen LogP contribution in [0.15, 0.2) is 48.8 Å². The van der Waals surface area contributed by atoms with E-state index in [0.29, 0.717) is 0 Å². The molecule has 0 fully saturated rings. The van der Waals surface area contributed by atoms with E-state index in [9.17, 15) is 4.79 Å². The molecular formula is C19H22N4O. The third kappa shape index (κ3) is 3.16. The molecule has 2 aromatic heterocycles. The number of hydrogen-bond donors (Lipinski definition) is 3. The largest absolute Gasteiger partial charge is 0.346 e. The Balaban J connectivity index is 1.79. The molecule has 0 aliphatic carbocycles. The molecule has 0 aliphatic rings. The Hall–Kier alpha value is -2.66. The Bertz CT molecular complexity index is 838. The van der Waals surface area contributed by atoms with Crippen LogP contribution in [0.4, 0.5) is 5.69 Å². The Morgan fingerprint density at radius 3 is 2.71 bits per heavy atom. The van der Waals surface area contributed by atoms with Crippen LogP contribution >= 0.6 is 0 Å². The number of nitrogens with two attached hydrogens (primary N) is 1. The summed E-state index contributed by atoms with van der Waals surface area (Å²) in [4.78, 5) is 19.6. The molecule has 5 nitrogen and oxygen atoms in total. The Morgan fingerprint density at radius 1 is 1.25 bits per heavy atom. The minimum absolute atomic E-state index is 0.144. The van der Waals surface area contributed by atoms with Gasteiger partial charge in [-0.05, 0) is 41.3 Å². The summed E-state index contributed by atoms with van der Waals surface area (Å²) in [7, 11) is 0. The fourth-order valence-electron chi connectivity index (χ4n) is 2.68. The predicted molar refractivity (Wildman–Crippen MR) is 97.6 cm³/mol. The van der Waals surface area contributed by atoms with Gasteiger partial charge in [0.2, 0.25) is 5.91 Å². The number of benzene rings is 1. The van der Waals surface area contributed by atoms with Gasteiger partial charge in [0.05, 0.1) is 6.04 Å². The topological polar surface area (TPSA) is 83.8 Å². The van der Waals surface area contributed by atoms with Crippen LogP contribution in [0.5, 0.6) is 0 Å². The number of H-pyrrole nitrogens is 1. The highest BCUT2D eigenvalue weighted by Crippen LogP contribution is 2.27. The highest BCUT2D eigenvalue weighted by atomic mass is 16.2. The number of nitrogens with zero attached hydrogens (tertiary/aromatic N) is 1. The van der Waals surface area contributed by atoms with Gasteiger partial charge < -0.3 is 16.0 Å². The number of aromatic amines is 1. The number of aromatic nitrogens is 2. The first-order valence-corrected chi connectivity index (χ1v) is 8.19. The lowest BCUT2D eigenvalue weighted by Crippen LogP contribution is -2.40. The number of anilines is 1. The number of rotatable bonds is 5. The summed E-state index contributed by atoms with van der Waals surface area (Å²) in [6.45, 7) is 4.02. The number of fused-ring (bicyclic) bond motifs is 1. The van der Waals surface area contributed by atoms with Crippen molar-refractivity contribution in [3.8, 4) is 11.1 Å². The molecule has 0 saturated carbocycles. The molecule has 0 bridgehead atoms. The smallest absolute Gasteiger partial charge is 0.241 e. The maximum atomic E-state index is 12.2. The van der Waals surface area contributed by atoms with Gasteiger partial charge in [0.15, 0.2) is 0 Å². The van der Waals surface area contributed by atoms with Crippen molar-refractivity contribution in [2.24, 2.45) is 11.7 Å². The van der Waals surface area contributed by atoms with Crippen LogP contribution in [0.1, 0.15) is 20.3 Å². The van der Waals surface area contributed by atoms with E-state index in [1.54, 1.807) is 6.20 Å². The third-order valence-electron chi connectivity index (χ3n) is 4.48. The van der Waals surface area contributed by atoms with Gasteiger partial charge in [-0.15, -0.1) is 0 Å². The molecule has 0 unspecified atom stereocenters. The molecule has 0 spiro atoms. The summed E-state index contributed by atoms with van der Waals surface area (Å²) in [6.07, 6.45) is 4.54. The quantitative estimate of drug-likeness (QED) is 0.672. The molecule has 0 saturated heterocycles. The standard InChI is InChI=1S/C19H22N4O/c1-3-12(2)17(20)19(24)23-14-6-4-13(5-7-14)15-8-10-21-18-16(15)9-11-22-18/h4-12,17H,3,20H2,1-2H3,(H,21,22)(H,23,24)/t12-,17-/m0/s1. The maximum absolute atomic E-state index is 12.2. The zero-order valence-corrected chi connectivity index (χ0v) is 13.9.